The van der Waals surface area contributed by atoms with E-state index < -0.39 is 0 Å². The fraction of sp³-hybridized carbons (Fsp3) is 0.458. The van der Waals surface area contributed by atoms with Crippen LogP contribution in [0.2, 0.25) is 0 Å². The van der Waals surface area contributed by atoms with Crippen molar-refractivity contribution in [2.45, 2.75) is 38.1 Å². The lowest BCUT2D eigenvalue weighted by atomic mass is 9.65. The summed E-state index contributed by atoms with van der Waals surface area (Å²) in [7, 11) is 1.54. The highest BCUT2D eigenvalue weighted by Crippen LogP contribution is 2.50. The Bertz CT molecular complexity index is 721. The molecular formula is C24H29NO2. The van der Waals surface area contributed by atoms with Gasteiger partial charge in [0, 0.05) is 6.54 Å². The van der Waals surface area contributed by atoms with Crippen LogP contribution in [-0.2, 0) is 9.53 Å². The van der Waals surface area contributed by atoms with E-state index in [2.05, 4.69) is 65.6 Å². The molecule has 2 fully saturated rings. The lowest BCUT2D eigenvalue weighted by molar-refractivity contribution is -0.152. The minimum absolute atomic E-state index is 0.00692. The van der Waals surface area contributed by atoms with Crippen LogP contribution in [0.4, 0.5) is 0 Å². The molecule has 3 heteroatoms. The molecule has 0 aromatic heterocycles. The number of ether oxygens (including phenoxy) is 1. The second-order valence-corrected chi connectivity index (χ2v) is 8.13. The van der Waals surface area contributed by atoms with Gasteiger partial charge in [0.1, 0.15) is 0 Å². The third kappa shape index (κ3) is 3.53. The second-order valence-electron chi connectivity index (χ2n) is 8.13. The molecule has 1 heterocycles. The highest BCUT2D eigenvalue weighted by molar-refractivity contribution is 5.73. The van der Waals surface area contributed by atoms with Gasteiger partial charge in [0.25, 0.3) is 0 Å². The summed E-state index contributed by atoms with van der Waals surface area (Å²) in [5.74, 6) is 0.0426. The zero-order valence-electron chi connectivity index (χ0n) is 16.1. The first kappa shape index (κ1) is 18.2. The molecule has 4 rings (SSSR count). The van der Waals surface area contributed by atoms with E-state index in [9.17, 15) is 4.79 Å². The Morgan fingerprint density at radius 3 is 2.22 bits per heavy atom. The van der Waals surface area contributed by atoms with Crippen LogP contribution in [0.15, 0.2) is 60.7 Å². The molecular weight excluding hydrogens is 334 g/mol. The molecule has 1 aliphatic heterocycles. The first-order valence-corrected chi connectivity index (χ1v) is 10.2. The van der Waals surface area contributed by atoms with Crippen molar-refractivity contribution in [3.8, 4) is 0 Å². The first-order valence-electron chi connectivity index (χ1n) is 10.2. The van der Waals surface area contributed by atoms with Crippen LogP contribution < -0.4 is 0 Å². The van der Waals surface area contributed by atoms with E-state index in [1.165, 1.54) is 24.7 Å². The second kappa shape index (κ2) is 7.85. The molecule has 0 unspecified atom stereocenters. The van der Waals surface area contributed by atoms with Gasteiger partial charge in [-0.05, 0) is 42.3 Å². The molecule has 0 N–H and O–H groups in total. The summed E-state index contributed by atoms with van der Waals surface area (Å²) in [6.07, 6.45) is 5.56. The highest BCUT2D eigenvalue weighted by atomic mass is 16.5. The summed E-state index contributed by atoms with van der Waals surface area (Å²) < 4.78 is 5.18. The normalized spacial score (nSPS) is 25.8. The number of benzene rings is 2. The van der Waals surface area contributed by atoms with Crippen LogP contribution in [0.25, 0.3) is 0 Å². The van der Waals surface area contributed by atoms with Gasteiger partial charge < -0.3 is 4.74 Å². The van der Waals surface area contributed by atoms with Crippen molar-refractivity contribution < 1.29 is 9.53 Å². The molecule has 2 aromatic carbocycles. The standard InChI is InChI=1S/C24H29NO2/c1-27-23(26)21-14-8-9-15-24(21)16-17-25(18-24)22(19-10-4-2-5-11-19)20-12-6-3-7-13-20/h2-7,10-13,21-22H,8-9,14-18H2,1H3/t21-,24-/m1/s1. The molecule has 3 nitrogen and oxygen atoms in total. The van der Waals surface area contributed by atoms with Gasteiger partial charge in [-0.1, -0.05) is 73.5 Å². The van der Waals surface area contributed by atoms with Crippen molar-refractivity contribution in [3.05, 3.63) is 71.8 Å². The molecule has 2 aromatic rings. The smallest absolute Gasteiger partial charge is 0.309 e. The molecule has 0 radical (unpaired) electrons. The Labute approximate surface area is 162 Å². The number of rotatable bonds is 4. The molecule has 0 amide bonds. The summed E-state index contributed by atoms with van der Waals surface area (Å²) in [5.41, 5.74) is 2.73. The molecule has 1 aliphatic carbocycles. The zero-order valence-corrected chi connectivity index (χ0v) is 16.1. The van der Waals surface area contributed by atoms with Crippen LogP contribution in [-0.4, -0.2) is 31.1 Å². The molecule has 142 valence electrons. The van der Waals surface area contributed by atoms with Gasteiger partial charge >= 0.3 is 5.97 Å². The van der Waals surface area contributed by atoms with Crippen molar-refractivity contribution in [1.82, 2.24) is 4.90 Å². The van der Waals surface area contributed by atoms with Crippen molar-refractivity contribution >= 4 is 5.97 Å². The number of carbonyl (C=O) groups is 1. The van der Waals surface area contributed by atoms with Gasteiger partial charge in [-0.3, -0.25) is 9.69 Å². The van der Waals surface area contributed by atoms with E-state index in [-0.39, 0.29) is 23.3 Å². The predicted octanol–water partition coefficient (Wildman–Crippen LogP) is 4.83. The Kier molecular flexibility index (Phi) is 5.31. The third-order valence-corrected chi connectivity index (χ3v) is 6.65. The summed E-state index contributed by atoms with van der Waals surface area (Å²) >= 11 is 0. The van der Waals surface area contributed by atoms with E-state index in [0.29, 0.717) is 0 Å². The van der Waals surface area contributed by atoms with E-state index in [1.54, 1.807) is 0 Å². The average Bonchev–Trinajstić information content (AvgIpc) is 3.13. The van der Waals surface area contributed by atoms with Gasteiger partial charge in [-0.25, -0.2) is 0 Å². The minimum Gasteiger partial charge on any atom is -0.469 e. The van der Waals surface area contributed by atoms with Crippen molar-refractivity contribution in [1.29, 1.82) is 0 Å². The molecule has 2 atom stereocenters. The molecule has 1 spiro atoms. The van der Waals surface area contributed by atoms with Crippen LogP contribution >= 0.6 is 0 Å². The molecule has 27 heavy (non-hydrogen) atoms. The first-order chi connectivity index (χ1) is 13.2. The Balaban J connectivity index is 1.66. The number of hydrogen-bond acceptors (Lipinski definition) is 3. The summed E-state index contributed by atoms with van der Waals surface area (Å²) in [6.45, 7) is 2.00. The number of methoxy groups -OCH3 is 1. The van der Waals surface area contributed by atoms with Crippen LogP contribution in [0.1, 0.15) is 49.3 Å². The van der Waals surface area contributed by atoms with E-state index in [0.717, 1.165) is 38.8 Å². The molecule has 1 saturated heterocycles. The van der Waals surface area contributed by atoms with E-state index in [1.807, 2.05) is 0 Å². The monoisotopic (exact) mass is 363 g/mol. The molecule has 0 bridgehead atoms. The SMILES string of the molecule is COC(=O)[C@H]1CCCC[C@]12CCN(C(c1ccccc1)c1ccccc1)C2. The summed E-state index contributed by atoms with van der Waals surface area (Å²) in [6, 6.07) is 21.8. The number of carbonyl (C=O) groups excluding carboxylic acids is 1. The Hall–Kier alpha value is -2.13. The van der Waals surface area contributed by atoms with Gasteiger partial charge in [0.2, 0.25) is 0 Å². The third-order valence-electron chi connectivity index (χ3n) is 6.65. The Morgan fingerprint density at radius 1 is 1.00 bits per heavy atom. The largest absolute Gasteiger partial charge is 0.469 e. The maximum absolute atomic E-state index is 12.5. The van der Waals surface area contributed by atoms with Crippen LogP contribution in [0.5, 0.6) is 0 Å². The maximum Gasteiger partial charge on any atom is 0.309 e. The summed E-state index contributed by atoms with van der Waals surface area (Å²) in [4.78, 5) is 15.1. The van der Waals surface area contributed by atoms with Gasteiger partial charge in [-0.15, -0.1) is 0 Å². The van der Waals surface area contributed by atoms with Crippen LogP contribution in [0.3, 0.4) is 0 Å². The van der Waals surface area contributed by atoms with E-state index in [4.69, 9.17) is 4.74 Å². The zero-order chi connectivity index (χ0) is 18.7. The topological polar surface area (TPSA) is 29.5 Å². The number of nitrogens with zero attached hydrogens (tertiary/aromatic N) is 1. The Morgan fingerprint density at radius 2 is 1.63 bits per heavy atom. The average molecular weight is 364 g/mol. The van der Waals surface area contributed by atoms with Gasteiger partial charge in [-0.2, -0.15) is 0 Å². The molecule has 2 aliphatic rings. The highest BCUT2D eigenvalue weighted by Gasteiger charge is 2.50. The summed E-state index contributed by atoms with van der Waals surface area (Å²) in [5, 5.41) is 0. The lowest BCUT2D eigenvalue weighted by Gasteiger charge is -2.40. The molecule has 1 saturated carbocycles. The minimum atomic E-state index is -0.00692. The quantitative estimate of drug-likeness (QED) is 0.729. The van der Waals surface area contributed by atoms with Gasteiger partial charge in [0.05, 0.1) is 19.1 Å². The predicted molar refractivity (Wildman–Crippen MR) is 107 cm³/mol. The maximum atomic E-state index is 12.5. The number of hydrogen-bond donors (Lipinski definition) is 0. The fourth-order valence-electron chi connectivity index (χ4n) is 5.34. The van der Waals surface area contributed by atoms with Crippen molar-refractivity contribution in [2.24, 2.45) is 11.3 Å². The lowest BCUT2D eigenvalue weighted by Crippen LogP contribution is -2.42. The van der Waals surface area contributed by atoms with Gasteiger partial charge in [0.15, 0.2) is 0 Å². The van der Waals surface area contributed by atoms with Crippen molar-refractivity contribution in [2.75, 3.05) is 20.2 Å². The fourth-order valence-corrected chi connectivity index (χ4v) is 5.34. The van der Waals surface area contributed by atoms with Crippen molar-refractivity contribution in [3.63, 3.8) is 0 Å². The number of likely N-dealkylation sites (tertiary alicyclic amines) is 1. The van der Waals surface area contributed by atoms with Crippen LogP contribution in [0, 0.1) is 11.3 Å². The van der Waals surface area contributed by atoms with E-state index >= 15 is 0 Å². The number of esters is 1.